The number of hydrogen-bond acceptors (Lipinski definition) is 7. The second-order valence-corrected chi connectivity index (χ2v) is 26.3. The highest BCUT2D eigenvalue weighted by atomic mass is 31.2. The van der Waals surface area contributed by atoms with E-state index in [1.54, 1.807) is 12.1 Å². The van der Waals surface area contributed by atoms with Crippen LogP contribution < -0.4 is 18.1 Å². The van der Waals surface area contributed by atoms with Crippen LogP contribution >= 0.6 is 15.2 Å². The first-order valence-corrected chi connectivity index (χ1v) is 25.0. The van der Waals surface area contributed by atoms with E-state index in [2.05, 4.69) is 159 Å². The number of hydrogen-bond donors (Lipinski definition) is 1. The van der Waals surface area contributed by atoms with Crippen LogP contribution in [0.1, 0.15) is 161 Å². The third kappa shape index (κ3) is 8.74. The van der Waals surface area contributed by atoms with Crippen molar-refractivity contribution in [3.05, 3.63) is 145 Å². The van der Waals surface area contributed by atoms with Gasteiger partial charge in [0.25, 0.3) is 0 Å². The van der Waals surface area contributed by atoms with Gasteiger partial charge in [-0.25, -0.2) is 9.13 Å². The highest BCUT2D eigenvalue weighted by Crippen LogP contribution is 2.79. The Hall–Kier alpha value is -4.44. The van der Waals surface area contributed by atoms with Gasteiger partial charge in [-0.15, -0.1) is 0 Å². The summed E-state index contributed by atoms with van der Waals surface area (Å²) in [6.07, 6.45) is 0.913. The highest BCUT2D eigenvalue weighted by Gasteiger charge is 2.59. The van der Waals surface area contributed by atoms with Gasteiger partial charge in [-0.1, -0.05) is 166 Å². The molecule has 0 fully saturated rings. The van der Waals surface area contributed by atoms with Gasteiger partial charge >= 0.3 is 15.2 Å². The minimum Gasteiger partial charge on any atom is -0.508 e. The normalized spacial score (nSPS) is 16.1. The predicted octanol–water partition coefficient (Wildman–Crippen LogP) is 15.3. The molecule has 5 aromatic carbocycles. The van der Waals surface area contributed by atoms with Gasteiger partial charge in [0.2, 0.25) is 5.40 Å². The summed E-state index contributed by atoms with van der Waals surface area (Å²) < 4.78 is 63.1. The molecule has 2 heterocycles. The fraction of sp³-hybridized carbons (Fsp3) is 0.434. The zero-order valence-electron chi connectivity index (χ0n) is 39.7. The third-order valence-corrected chi connectivity index (χ3v) is 17.1. The predicted molar refractivity (Wildman–Crippen MR) is 254 cm³/mol. The van der Waals surface area contributed by atoms with Gasteiger partial charge in [-0.05, 0) is 89.3 Å². The molecule has 9 heteroatoms. The molecule has 0 aliphatic carbocycles. The van der Waals surface area contributed by atoms with E-state index in [4.69, 9.17) is 18.1 Å². The van der Waals surface area contributed by atoms with Crippen LogP contribution in [0, 0.1) is 27.7 Å². The van der Waals surface area contributed by atoms with Crippen LogP contribution in [0.4, 0.5) is 0 Å². The molecule has 0 saturated carbocycles. The molecule has 7 rings (SSSR count). The molecule has 0 aromatic heterocycles. The monoisotopic (exact) mass is 876 g/mol. The summed E-state index contributed by atoms with van der Waals surface area (Å²) >= 11 is 0. The average molecular weight is 877 g/mol. The molecule has 2 aliphatic rings. The molecule has 0 unspecified atom stereocenters. The summed E-state index contributed by atoms with van der Waals surface area (Å²) in [6.45, 7) is 33.5. The van der Waals surface area contributed by atoms with E-state index in [0.717, 1.165) is 66.8 Å². The van der Waals surface area contributed by atoms with Gasteiger partial charge in [0, 0.05) is 35.1 Å². The van der Waals surface area contributed by atoms with E-state index >= 15 is 9.13 Å². The van der Waals surface area contributed by atoms with Crippen LogP contribution in [0.15, 0.2) is 72.8 Å². The standard InChI is InChI=1S/C53H66O7P2/c1-31-21-36-29-37-22-32(2)26-42(51(8,9)10)46(37)58-61(55,57-45(36)41(25-31)50(5,6)7)49(35-17-19-40(54)20-18-35)62(56)59-47-38(23-33(3)27-43(47)52(11,12)13)30-39-24-34(4)28-44(48(39)60-62)53(14,15)16/h17-28,49,54H,29-30H2,1-16H3. The van der Waals surface area contributed by atoms with Crippen LogP contribution in [0.5, 0.6) is 28.7 Å². The fourth-order valence-electron chi connectivity index (χ4n) is 8.92. The van der Waals surface area contributed by atoms with Crippen LogP contribution in [0.3, 0.4) is 0 Å². The first-order valence-electron chi connectivity index (χ1n) is 21.8. The van der Waals surface area contributed by atoms with E-state index in [0.29, 0.717) is 41.4 Å². The Morgan fingerprint density at radius 1 is 0.435 bits per heavy atom. The maximum Gasteiger partial charge on any atom is 0.452 e. The molecule has 0 amide bonds. The second-order valence-electron chi connectivity index (χ2n) is 22.0. The Bertz CT molecular complexity index is 2370. The molecule has 0 saturated heterocycles. The van der Waals surface area contributed by atoms with E-state index in [1.165, 1.54) is 12.1 Å². The largest absolute Gasteiger partial charge is 0.508 e. The maximum atomic E-state index is 17.2. The number of benzene rings is 5. The SMILES string of the molecule is Cc1cc2c(c(C(C)(C)C)c1)OP(=O)(C(c1ccc(O)cc1)P1(=O)Oc3c(cc(C)cc3C(C)(C)C)Cc3cc(C)cc(C(C)(C)C)c3O1)Oc1c(cc(C)cc1C(C)(C)C)C2. The molecule has 0 radical (unpaired) electrons. The summed E-state index contributed by atoms with van der Waals surface area (Å²) in [4.78, 5) is 0. The Balaban J connectivity index is 1.65. The molecule has 0 atom stereocenters. The lowest BCUT2D eigenvalue weighted by Crippen LogP contribution is -2.25. The molecule has 2 aliphatic heterocycles. The summed E-state index contributed by atoms with van der Waals surface area (Å²) in [5, 5.41) is 9.06. The lowest BCUT2D eigenvalue weighted by atomic mass is 9.81. The summed E-state index contributed by atoms with van der Waals surface area (Å²) in [7, 11) is -9.67. The van der Waals surface area contributed by atoms with Crippen molar-refractivity contribution in [2.75, 3.05) is 0 Å². The minimum absolute atomic E-state index is 0.0126. The van der Waals surface area contributed by atoms with Crippen molar-refractivity contribution in [2.45, 2.75) is 151 Å². The van der Waals surface area contributed by atoms with Crippen molar-refractivity contribution >= 4 is 15.2 Å². The van der Waals surface area contributed by atoms with Crippen molar-refractivity contribution < 1.29 is 32.3 Å². The Morgan fingerprint density at radius 2 is 0.677 bits per heavy atom. The molecule has 62 heavy (non-hydrogen) atoms. The van der Waals surface area contributed by atoms with Gasteiger partial charge in [0.15, 0.2) is 0 Å². The molecule has 7 nitrogen and oxygen atoms in total. The zero-order valence-corrected chi connectivity index (χ0v) is 41.5. The Labute approximate surface area is 370 Å². The minimum atomic E-state index is -4.84. The molecule has 0 spiro atoms. The fourth-order valence-corrected chi connectivity index (χ4v) is 14.3. The van der Waals surface area contributed by atoms with Crippen molar-refractivity contribution in [1.82, 2.24) is 0 Å². The molecule has 5 aromatic rings. The quantitative estimate of drug-likeness (QED) is 0.181. The topological polar surface area (TPSA) is 91.3 Å². The average Bonchev–Trinajstić information content (AvgIpc) is 3.10. The Morgan fingerprint density at radius 3 is 0.903 bits per heavy atom. The highest BCUT2D eigenvalue weighted by molar-refractivity contribution is 7.72. The number of phenolic OH excluding ortho intramolecular Hbond substituents is 1. The van der Waals surface area contributed by atoms with E-state index in [9.17, 15) is 5.11 Å². The van der Waals surface area contributed by atoms with Crippen molar-refractivity contribution in [3.8, 4) is 28.7 Å². The van der Waals surface area contributed by atoms with Gasteiger partial charge in [0.1, 0.15) is 28.7 Å². The van der Waals surface area contributed by atoms with Crippen LogP contribution in [-0.2, 0) is 43.6 Å². The number of rotatable bonds is 3. The lowest BCUT2D eigenvalue weighted by molar-refractivity contribution is 0.339. The first kappa shape index (κ1) is 45.6. The van der Waals surface area contributed by atoms with Crippen LogP contribution in [-0.4, -0.2) is 5.11 Å². The molecule has 0 bridgehead atoms. The van der Waals surface area contributed by atoms with Gasteiger partial charge < -0.3 is 23.2 Å². The third-order valence-electron chi connectivity index (χ3n) is 11.9. The Kier molecular flexibility index (Phi) is 11.3. The van der Waals surface area contributed by atoms with Gasteiger partial charge in [0.05, 0.1) is 0 Å². The summed E-state index contributed by atoms with van der Waals surface area (Å²) in [5.41, 5.74) is 9.43. The number of phenols is 1. The molecule has 1 N–H and O–H groups in total. The smallest absolute Gasteiger partial charge is 0.452 e. The van der Waals surface area contributed by atoms with Gasteiger partial charge in [-0.2, -0.15) is 0 Å². The van der Waals surface area contributed by atoms with Crippen molar-refractivity contribution in [2.24, 2.45) is 0 Å². The van der Waals surface area contributed by atoms with Gasteiger partial charge in [-0.3, -0.25) is 0 Å². The van der Waals surface area contributed by atoms with E-state index in [-0.39, 0.29) is 5.75 Å². The second kappa shape index (κ2) is 15.4. The van der Waals surface area contributed by atoms with Crippen LogP contribution in [0.2, 0.25) is 0 Å². The lowest BCUT2D eigenvalue weighted by Gasteiger charge is -2.39. The van der Waals surface area contributed by atoms with Crippen molar-refractivity contribution in [3.63, 3.8) is 0 Å². The zero-order chi connectivity index (χ0) is 45.7. The maximum absolute atomic E-state index is 17.2. The molecular formula is C53H66O7P2. The van der Waals surface area contributed by atoms with E-state index in [1.807, 2.05) is 0 Å². The summed E-state index contributed by atoms with van der Waals surface area (Å²) in [5.74, 6) is 1.70. The van der Waals surface area contributed by atoms with Crippen molar-refractivity contribution in [1.29, 1.82) is 0 Å². The number of aryl methyl sites for hydroxylation is 4. The van der Waals surface area contributed by atoms with Crippen LogP contribution in [0.25, 0.3) is 0 Å². The molecular weight excluding hydrogens is 811 g/mol. The number of aromatic hydroxyl groups is 1. The molecule has 330 valence electrons. The summed E-state index contributed by atoms with van der Waals surface area (Å²) in [6, 6.07) is 22.9. The number of fused-ring (bicyclic) bond motifs is 4. The van der Waals surface area contributed by atoms with E-state index < -0.39 is 42.3 Å². The first-order chi connectivity index (χ1) is 28.5.